The van der Waals surface area contributed by atoms with Gasteiger partial charge in [0, 0.05) is 65.7 Å². The molecule has 40 heavy (non-hydrogen) atoms. The van der Waals surface area contributed by atoms with Crippen molar-refractivity contribution in [2.45, 2.75) is 50.5 Å². The molecule has 1 aromatic heterocycles. The fraction of sp³-hybridized carbons (Fsp3) is 0.464. The number of thioether (sulfide) groups is 1. The topological polar surface area (TPSA) is 67.7 Å². The van der Waals surface area contributed by atoms with Gasteiger partial charge in [-0.3, -0.25) is 9.36 Å². The lowest BCUT2D eigenvalue weighted by molar-refractivity contribution is -0.137. The van der Waals surface area contributed by atoms with Gasteiger partial charge < -0.3 is 14.5 Å². The van der Waals surface area contributed by atoms with Crippen molar-refractivity contribution >= 4 is 34.4 Å². The van der Waals surface area contributed by atoms with Crippen molar-refractivity contribution in [1.82, 2.24) is 14.5 Å². The molecule has 0 unspecified atom stereocenters. The summed E-state index contributed by atoms with van der Waals surface area (Å²) in [5.41, 5.74) is -1.28. The number of rotatable bonds is 2. The minimum absolute atomic E-state index is 0.0737. The first-order valence-electron chi connectivity index (χ1n) is 13.1. The number of carbonyl (C=O) groups excluding carboxylic acids is 1. The summed E-state index contributed by atoms with van der Waals surface area (Å²) in [6.07, 6.45) is -4.73. The highest BCUT2D eigenvalue weighted by Gasteiger charge is 2.45. The molecule has 4 heterocycles. The van der Waals surface area contributed by atoms with Gasteiger partial charge in [-0.05, 0) is 37.6 Å². The summed E-state index contributed by atoms with van der Waals surface area (Å²) in [5, 5.41) is 0.230. The van der Waals surface area contributed by atoms with Crippen molar-refractivity contribution < 1.29 is 27.1 Å². The van der Waals surface area contributed by atoms with E-state index in [0.717, 1.165) is 18.2 Å². The molecule has 0 saturated carbocycles. The molecular formula is C28H28F4N4O3S. The summed E-state index contributed by atoms with van der Waals surface area (Å²) in [6, 6.07) is 5.52. The van der Waals surface area contributed by atoms with Crippen LogP contribution < -0.4 is 10.6 Å². The van der Waals surface area contributed by atoms with Gasteiger partial charge in [-0.1, -0.05) is 12.1 Å². The van der Waals surface area contributed by atoms with E-state index < -0.39 is 28.7 Å². The number of aromatic nitrogens is 2. The molecule has 7 nitrogen and oxygen atoms in total. The Bertz CT molecular complexity index is 1570. The maximum Gasteiger partial charge on any atom is 0.417 e. The molecule has 1 amide bonds. The normalized spacial score (nSPS) is 22.4. The molecule has 3 aliphatic heterocycles. The largest absolute Gasteiger partial charge is 0.417 e. The van der Waals surface area contributed by atoms with Crippen LogP contribution in [0, 0.1) is 11.2 Å². The van der Waals surface area contributed by atoms with Gasteiger partial charge in [0.15, 0.2) is 0 Å². The molecule has 12 heteroatoms. The van der Waals surface area contributed by atoms with Crippen LogP contribution in [-0.2, 0) is 22.3 Å². The minimum Gasteiger partial charge on any atom is -0.380 e. The van der Waals surface area contributed by atoms with E-state index in [4.69, 9.17) is 4.74 Å². The Labute approximate surface area is 232 Å². The number of anilines is 1. The number of hydrogen-bond donors (Lipinski definition) is 0. The summed E-state index contributed by atoms with van der Waals surface area (Å²) < 4.78 is 65.1. The van der Waals surface area contributed by atoms with Crippen LogP contribution in [0.3, 0.4) is 0 Å². The molecule has 6 rings (SSSR count). The van der Waals surface area contributed by atoms with E-state index in [1.165, 1.54) is 35.4 Å². The van der Waals surface area contributed by atoms with E-state index in [1.54, 1.807) is 4.90 Å². The van der Waals surface area contributed by atoms with E-state index >= 15 is 0 Å². The average Bonchev–Trinajstić information content (AvgIpc) is 3.06. The van der Waals surface area contributed by atoms with Gasteiger partial charge in [0.2, 0.25) is 5.91 Å². The standard InChI is InChI=1S/C28H28F4N4O3S/c1-15-10-35(16(2)9-34(15)17(3)37)25-20-8-21(28(30,31)32)22(18-4-6-19(29)7-5-18)24-23(20)36(26(38)33-25)11-27(14-40-24)12-39-13-27/h4-8,15-16H,9-14H2,1-3H3/t15-,16+/m1/s1. The first-order chi connectivity index (χ1) is 18.9. The van der Waals surface area contributed by atoms with Gasteiger partial charge in [-0.2, -0.15) is 18.2 Å². The first kappa shape index (κ1) is 27.1. The molecule has 0 bridgehead atoms. The minimum atomic E-state index is -4.73. The first-order valence-corrected chi connectivity index (χ1v) is 14.1. The van der Waals surface area contributed by atoms with Crippen LogP contribution in [0.15, 0.2) is 40.0 Å². The third-order valence-corrected chi connectivity index (χ3v) is 9.57. The molecule has 0 radical (unpaired) electrons. The van der Waals surface area contributed by atoms with Crippen LogP contribution >= 0.6 is 11.8 Å². The Morgan fingerprint density at radius 1 is 1.12 bits per heavy atom. The van der Waals surface area contributed by atoms with Crippen molar-refractivity contribution in [2.24, 2.45) is 5.41 Å². The van der Waals surface area contributed by atoms with Crippen molar-refractivity contribution in [3.63, 3.8) is 0 Å². The Hall–Kier alpha value is -3.12. The van der Waals surface area contributed by atoms with E-state index in [9.17, 15) is 27.2 Å². The number of hydrogen-bond acceptors (Lipinski definition) is 6. The third-order valence-electron chi connectivity index (χ3n) is 8.13. The molecule has 2 fully saturated rings. The molecule has 3 aliphatic rings. The summed E-state index contributed by atoms with van der Waals surface area (Å²) in [5.74, 6) is -0.0113. The van der Waals surface area contributed by atoms with E-state index in [2.05, 4.69) is 4.98 Å². The highest BCUT2D eigenvalue weighted by atomic mass is 32.2. The maximum atomic E-state index is 14.8. The summed E-state index contributed by atoms with van der Waals surface area (Å²) in [6.45, 7) is 6.94. The van der Waals surface area contributed by atoms with Crippen LogP contribution in [0.2, 0.25) is 0 Å². The number of benzene rings is 2. The molecular weight excluding hydrogens is 548 g/mol. The highest BCUT2D eigenvalue weighted by Crippen LogP contribution is 2.51. The number of amides is 1. The van der Waals surface area contributed by atoms with Crippen molar-refractivity contribution in [3.8, 4) is 11.1 Å². The fourth-order valence-electron chi connectivity index (χ4n) is 6.06. The second-order valence-corrected chi connectivity index (χ2v) is 12.1. The third kappa shape index (κ3) is 4.36. The maximum absolute atomic E-state index is 14.8. The smallest absolute Gasteiger partial charge is 0.380 e. The van der Waals surface area contributed by atoms with Crippen molar-refractivity contribution in [2.75, 3.05) is 37.0 Å². The summed E-state index contributed by atoms with van der Waals surface area (Å²) >= 11 is 1.28. The monoisotopic (exact) mass is 576 g/mol. The number of nitrogens with zero attached hydrogens (tertiary/aromatic N) is 4. The average molecular weight is 577 g/mol. The van der Waals surface area contributed by atoms with Crippen molar-refractivity contribution in [3.05, 3.63) is 52.2 Å². The second kappa shape index (κ2) is 9.47. The van der Waals surface area contributed by atoms with Crippen LogP contribution in [0.5, 0.6) is 0 Å². The number of alkyl halides is 3. The Morgan fingerprint density at radius 3 is 2.42 bits per heavy atom. The van der Waals surface area contributed by atoms with Gasteiger partial charge in [0.1, 0.15) is 11.6 Å². The lowest BCUT2D eigenvalue weighted by Gasteiger charge is -2.44. The van der Waals surface area contributed by atoms with Crippen LogP contribution in [0.25, 0.3) is 22.0 Å². The molecule has 0 aliphatic carbocycles. The lowest BCUT2D eigenvalue weighted by atomic mass is 9.88. The molecule has 3 aromatic rings. The number of piperazine rings is 1. The van der Waals surface area contributed by atoms with Gasteiger partial charge in [-0.25, -0.2) is 9.18 Å². The SMILES string of the molecule is CC(=O)N1C[C@H](C)N(c2nc(=O)n3c4c(c(-c5ccc(F)cc5)c(C(F)(F)F)cc24)SCC2(COC2)C3)C[C@H]1C. The van der Waals surface area contributed by atoms with E-state index in [0.29, 0.717) is 42.5 Å². The summed E-state index contributed by atoms with van der Waals surface area (Å²) in [4.78, 5) is 34.1. The molecule has 2 aromatic carbocycles. The molecule has 0 N–H and O–H groups in total. The van der Waals surface area contributed by atoms with Gasteiger partial charge in [-0.15, -0.1) is 11.8 Å². The van der Waals surface area contributed by atoms with Gasteiger partial charge in [0.25, 0.3) is 0 Å². The molecule has 1 spiro atoms. The molecule has 212 valence electrons. The lowest BCUT2D eigenvalue weighted by Crippen LogP contribution is -2.58. The van der Waals surface area contributed by atoms with Crippen LogP contribution in [-0.4, -0.2) is 64.5 Å². The Kier molecular flexibility index (Phi) is 6.41. The predicted octanol–water partition coefficient (Wildman–Crippen LogP) is 4.79. The fourth-order valence-corrected chi connectivity index (χ4v) is 7.50. The van der Waals surface area contributed by atoms with Crippen LogP contribution in [0.4, 0.5) is 23.4 Å². The highest BCUT2D eigenvalue weighted by molar-refractivity contribution is 7.99. The Morgan fingerprint density at radius 2 is 1.82 bits per heavy atom. The zero-order chi connectivity index (χ0) is 28.6. The quantitative estimate of drug-likeness (QED) is 0.409. The second-order valence-electron chi connectivity index (χ2n) is 11.1. The van der Waals surface area contributed by atoms with E-state index in [1.807, 2.05) is 18.7 Å². The molecule has 2 saturated heterocycles. The summed E-state index contributed by atoms with van der Waals surface area (Å²) in [7, 11) is 0. The molecule has 2 atom stereocenters. The zero-order valence-corrected chi connectivity index (χ0v) is 23.0. The number of carbonyl (C=O) groups is 1. The Balaban J connectivity index is 1.66. The van der Waals surface area contributed by atoms with Crippen LogP contribution in [0.1, 0.15) is 26.3 Å². The predicted molar refractivity (Wildman–Crippen MR) is 144 cm³/mol. The van der Waals surface area contributed by atoms with Crippen molar-refractivity contribution in [1.29, 1.82) is 0 Å². The number of halogens is 4. The van der Waals surface area contributed by atoms with Gasteiger partial charge in [0.05, 0.1) is 24.3 Å². The zero-order valence-electron chi connectivity index (χ0n) is 22.2. The number of ether oxygens (including phenoxy) is 1. The van der Waals surface area contributed by atoms with E-state index in [-0.39, 0.29) is 46.9 Å². The van der Waals surface area contributed by atoms with Gasteiger partial charge >= 0.3 is 11.9 Å².